The van der Waals surface area contributed by atoms with E-state index in [0.29, 0.717) is 23.7 Å². The summed E-state index contributed by atoms with van der Waals surface area (Å²) in [6, 6.07) is 6.28. The number of likely N-dealkylation sites (tertiary alicyclic amines) is 1. The van der Waals surface area contributed by atoms with E-state index < -0.39 is 0 Å². The fourth-order valence-electron chi connectivity index (χ4n) is 2.31. The topological polar surface area (TPSA) is 91.0 Å². The minimum Gasteiger partial charge on any atom is -0.409 e. The molecule has 1 fully saturated rings. The van der Waals surface area contributed by atoms with Gasteiger partial charge < -0.3 is 21.2 Å². The predicted octanol–water partition coefficient (Wildman–Crippen LogP) is 2.47. The van der Waals surface area contributed by atoms with Crippen LogP contribution in [-0.2, 0) is 0 Å². The van der Waals surface area contributed by atoms with Crippen LogP contribution >= 0.6 is 11.6 Å². The second-order valence-corrected chi connectivity index (χ2v) is 5.11. The number of carbonyl (C=O) groups is 1. The van der Waals surface area contributed by atoms with E-state index in [9.17, 15) is 4.79 Å². The van der Waals surface area contributed by atoms with Gasteiger partial charge in [-0.2, -0.15) is 0 Å². The zero-order valence-electron chi connectivity index (χ0n) is 10.9. The molecular weight excluding hydrogens is 280 g/mol. The fraction of sp³-hybridized carbons (Fsp3) is 0.385. The molecule has 0 aliphatic carbocycles. The van der Waals surface area contributed by atoms with Crippen molar-refractivity contribution in [1.29, 1.82) is 0 Å². The molecule has 1 atom stereocenters. The van der Waals surface area contributed by atoms with Gasteiger partial charge in [0.2, 0.25) is 0 Å². The van der Waals surface area contributed by atoms with Gasteiger partial charge in [-0.3, -0.25) is 0 Å². The van der Waals surface area contributed by atoms with Gasteiger partial charge in [0, 0.05) is 17.3 Å². The Labute approximate surface area is 122 Å². The van der Waals surface area contributed by atoms with Gasteiger partial charge in [-0.1, -0.05) is 22.8 Å². The Balaban J connectivity index is 2.10. The molecule has 1 saturated heterocycles. The third-order valence-corrected chi connectivity index (χ3v) is 3.53. The SMILES string of the molecule is NC(=NO)C1CCCCN1C(=O)Nc1cccc(Cl)c1. The lowest BCUT2D eigenvalue weighted by atomic mass is 10.0. The van der Waals surface area contributed by atoms with Crippen molar-refractivity contribution in [2.45, 2.75) is 25.3 Å². The summed E-state index contributed by atoms with van der Waals surface area (Å²) in [5, 5.41) is 15.1. The molecule has 1 aliphatic heterocycles. The number of oxime groups is 1. The van der Waals surface area contributed by atoms with Crippen molar-refractivity contribution in [3.63, 3.8) is 0 Å². The number of nitrogens with one attached hydrogen (secondary N) is 1. The van der Waals surface area contributed by atoms with E-state index in [0.717, 1.165) is 12.8 Å². The van der Waals surface area contributed by atoms with E-state index >= 15 is 0 Å². The number of urea groups is 1. The molecule has 2 rings (SSSR count). The van der Waals surface area contributed by atoms with Crippen LogP contribution in [0.1, 0.15) is 19.3 Å². The number of nitrogens with zero attached hydrogens (tertiary/aromatic N) is 2. The Bertz CT molecular complexity index is 521. The summed E-state index contributed by atoms with van der Waals surface area (Å²) in [5.41, 5.74) is 6.27. The van der Waals surface area contributed by atoms with Crippen LogP contribution in [0.15, 0.2) is 29.4 Å². The lowest BCUT2D eigenvalue weighted by Crippen LogP contribution is -2.52. The van der Waals surface area contributed by atoms with Crippen molar-refractivity contribution in [2.24, 2.45) is 10.9 Å². The first-order valence-electron chi connectivity index (χ1n) is 6.42. The molecule has 20 heavy (non-hydrogen) atoms. The van der Waals surface area contributed by atoms with Crippen LogP contribution in [0.3, 0.4) is 0 Å². The van der Waals surface area contributed by atoms with Gasteiger partial charge in [0.1, 0.15) is 0 Å². The molecule has 0 bridgehead atoms. The smallest absolute Gasteiger partial charge is 0.322 e. The molecule has 108 valence electrons. The average Bonchev–Trinajstić information content (AvgIpc) is 2.46. The molecule has 0 aromatic heterocycles. The molecule has 1 aromatic carbocycles. The van der Waals surface area contributed by atoms with Crippen LogP contribution in [-0.4, -0.2) is 34.6 Å². The summed E-state index contributed by atoms with van der Waals surface area (Å²) in [5.74, 6) is 0.0611. The lowest BCUT2D eigenvalue weighted by molar-refractivity contribution is 0.183. The molecule has 7 heteroatoms. The van der Waals surface area contributed by atoms with Crippen molar-refractivity contribution in [2.75, 3.05) is 11.9 Å². The van der Waals surface area contributed by atoms with E-state index in [1.807, 2.05) is 0 Å². The lowest BCUT2D eigenvalue weighted by Gasteiger charge is -2.34. The number of anilines is 1. The molecule has 1 aliphatic rings. The quantitative estimate of drug-likeness (QED) is 0.339. The van der Waals surface area contributed by atoms with E-state index in [1.165, 1.54) is 0 Å². The van der Waals surface area contributed by atoms with Gasteiger partial charge >= 0.3 is 6.03 Å². The highest BCUT2D eigenvalue weighted by molar-refractivity contribution is 6.30. The highest BCUT2D eigenvalue weighted by Crippen LogP contribution is 2.20. The maximum atomic E-state index is 12.3. The zero-order chi connectivity index (χ0) is 14.5. The summed E-state index contributed by atoms with van der Waals surface area (Å²) in [6.07, 6.45) is 2.54. The van der Waals surface area contributed by atoms with Crippen LogP contribution in [0.25, 0.3) is 0 Å². The number of piperidine rings is 1. The van der Waals surface area contributed by atoms with Gasteiger partial charge in [-0.15, -0.1) is 0 Å². The second kappa shape index (κ2) is 6.47. The first-order chi connectivity index (χ1) is 9.61. The summed E-state index contributed by atoms with van der Waals surface area (Å²) in [4.78, 5) is 13.9. The highest BCUT2D eigenvalue weighted by atomic mass is 35.5. The molecule has 6 nitrogen and oxygen atoms in total. The number of amides is 2. The molecule has 0 saturated carbocycles. The van der Waals surface area contributed by atoms with E-state index in [-0.39, 0.29) is 17.9 Å². The van der Waals surface area contributed by atoms with Gasteiger partial charge in [0.15, 0.2) is 5.84 Å². The molecule has 1 unspecified atom stereocenters. The zero-order valence-corrected chi connectivity index (χ0v) is 11.7. The van der Waals surface area contributed by atoms with Crippen molar-refractivity contribution in [3.05, 3.63) is 29.3 Å². The number of carbonyl (C=O) groups excluding carboxylic acids is 1. The third-order valence-electron chi connectivity index (χ3n) is 3.30. The Kier molecular flexibility index (Phi) is 4.68. The second-order valence-electron chi connectivity index (χ2n) is 4.67. The van der Waals surface area contributed by atoms with E-state index in [4.69, 9.17) is 22.5 Å². The molecule has 0 spiro atoms. The number of hydrogen-bond acceptors (Lipinski definition) is 3. The number of amidine groups is 1. The summed E-state index contributed by atoms with van der Waals surface area (Å²) in [7, 11) is 0. The number of halogens is 1. The van der Waals surface area contributed by atoms with Gasteiger partial charge in [0.25, 0.3) is 0 Å². The van der Waals surface area contributed by atoms with Gasteiger partial charge in [0.05, 0.1) is 6.04 Å². The number of hydrogen-bond donors (Lipinski definition) is 3. The van der Waals surface area contributed by atoms with Gasteiger partial charge in [-0.05, 0) is 37.5 Å². The Morgan fingerprint density at radius 1 is 1.50 bits per heavy atom. The Hall–Kier alpha value is -1.95. The summed E-state index contributed by atoms with van der Waals surface area (Å²) in [6.45, 7) is 0.577. The maximum absolute atomic E-state index is 12.3. The monoisotopic (exact) mass is 296 g/mol. The molecule has 1 heterocycles. The minimum absolute atomic E-state index is 0.0611. The largest absolute Gasteiger partial charge is 0.409 e. The molecule has 0 radical (unpaired) electrons. The van der Waals surface area contributed by atoms with Crippen molar-refractivity contribution in [1.82, 2.24) is 4.90 Å². The van der Waals surface area contributed by atoms with Gasteiger partial charge in [-0.25, -0.2) is 4.79 Å². The van der Waals surface area contributed by atoms with Crippen LogP contribution in [0.4, 0.5) is 10.5 Å². The maximum Gasteiger partial charge on any atom is 0.322 e. The first kappa shape index (κ1) is 14.5. The normalized spacial score (nSPS) is 19.8. The molecule has 1 aromatic rings. The number of nitrogens with two attached hydrogens (primary N) is 1. The predicted molar refractivity (Wildman–Crippen MR) is 78.2 cm³/mol. The van der Waals surface area contributed by atoms with Crippen LogP contribution in [0, 0.1) is 0 Å². The highest BCUT2D eigenvalue weighted by Gasteiger charge is 2.29. The third kappa shape index (κ3) is 3.33. The Morgan fingerprint density at radius 3 is 3.00 bits per heavy atom. The first-order valence-corrected chi connectivity index (χ1v) is 6.80. The average molecular weight is 297 g/mol. The minimum atomic E-state index is -0.368. The van der Waals surface area contributed by atoms with E-state index in [2.05, 4.69) is 10.5 Å². The molecule has 4 N–H and O–H groups in total. The molecular formula is C13H17ClN4O2. The standard InChI is InChI=1S/C13H17ClN4O2/c14-9-4-3-5-10(8-9)16-13(19)18-7-2-1-6-11(18)12(15)17-20/h3-5,8,11,20H,1-2,6-7H2,(H2,15,17)(H,16,19). The van der Waals surface area contributed by atoms with Crippen LogP contribution < -0.4 is 11.1 Å². The number of benzene rings is 1. The fourth-order valence-corrected chi connectivity index (χ4v) is 2.50. The van der Waals surface area contributed by atoms with Crippen molar-refractivity contribution in [3.8, 4) is 0 Å². The van der Waals surface area contributed by atoms with Crippen molar-refractivity contribution >= 4 is 29.2 Å². The van der Waals surface area contributed by atoms with Crippen LogP contribution in [0.5, 0.6) is 0 Å². The summed E-state index contributed by atoms with van der Waals surface area (Å²) < 4.78 is 0. The Morgan fingerprint density at radius 2 is 2.30 bits per heavy atom. The summed E-state index contributed by atoms with van der Waals surface area (Å²) >= 11 is 5.88. The van der Waals surface area contributed by atoms with E-state index in [1.54, 1.807) is 29.2 Å². The number of rotatable bonds is 2. The van der Waals surface area contributed by atoms with Crippen molar-refractivity contribution < 1.29 is 10.0 Å². The van der Waals surface area contributed by atoms with Crippen LogP contribution in [0.2, 0.25) is 5.02 Å². The molecule has 2 amide bonds.